The van der Waals surface area contributed by atoms with Crippen LogP contribution >= 0.6 is 58.0 Å². The van der Waals surface area contributed by atoms with Gasteiger partial charge in [-0.25, -0.2) is 4.79 Å². The topological polar surface area (TPSA) is 43.6 Å². The van der Waals surface area contributed by atoms with Crippen LogP contribution in [0.4, 0.5) is 0 Å². The summed E-state index contributed by atoms with van der Waals surface area (Å²) in [6, 6.07) is 8.49. The van der Waals surface area contributed by atoms with Gasteiger partial charge in [0, 0.05) is 22.6 Å². The normalized spacial score (nSPS) is 15.9. The number of hydrogen-bond acceptors (Lipinski definition) is 3. The molecule has 0 radical (unpaired) electrons. The average Bonchev–Trinajstić information content (AvgIpc) is 3.11. The van der Waals surface area contributed by atoms with E-state index in [1.54, 1.807) is 0 Å². The van der Waals surface area contributed by atoms with Gasteiger partial charge in [-0.05, 0) is 68.4 Å². The minimum Gasteiger partial charge on any atom is -0.318 e. The molecule has 0 unspecified atom stereocenters. The molecule has 4 nitrogen and oxygen atoms in total. The third-order valence-electron chi connectivity index (χ3n) is 6.29. The van der Waals surface area contributed by atoms with Crippen molar-refractivity contribution in [3.05, 3.63) is 83.0 Å². The van der Waals surface area contributed by atoms with Gasteiger partial charge in [0.1, 0.15) is 5.56 Å². The van der Waals surface area contributed by atoms with Gasteiger partial charge in [-0.3, -0.25) is 0 Å². The molecule has 0 spiro atoms. The van der Waals surface area contributed by atoms with Gasteiger partial charge in [0.15, 0.2) is 0 Å². The van der Waals surface area contributed by atoms with Gasteiger partial charge in [0.25, 0.3) is 0 Å². The molecule has 0 fully saturated rings. The molecule has 2 aromatic carbocycles. The number of nitrogens with zero attached hydrogens (tertiary/aromatic N) is 2. The zero-order valence-corrected chi connectivity index (χ0v) is 23.6. The molecule has 9 heteroatoms. The van der Waals surface area contributed by atoms with E-state index >= 15 is 0 Å². The van der Waals surface area contributed by atoms with E-state index in [0.717, 1.165) is 29.1 Å². The number of halogens is 5. The number of oxime groups is 1. The molecule has 1 heterocycles. The number of carbonyl (C=O) groups excluding carboxylic acids is 1. The Kier molecular flexibility index (Phi) is 7.27. The smallest absolute Gasteiger partial charge is 0.318 e. The van der Waals surface area contributed by atoms with E-state index in [0.29, 0.717) is 12.1 Å². The Morgan fingerprint density at radius 2 is 1.49 bits per heavy atom. The van der Waals surface area contributed by atoms with Crippen LogP contribution in [0.5, 0.6) is 0 Å². The third-order valence-corrected chi connectivity index (χ3v) is 8.57. The van der Waals surface area contributed by atoms with E-state index in [4.69, 9.17) is 62.8 Å². The maximum Gasteiger partial charge on any atom is 0.368 e. The zero-order chi connectivity index (χ0) is 25.8. The monoisotopic (exact) mass is 570 g/mol. The Bertz CT molecular complexity index is 1380. The van der Waals surface area contributed by atoms with Crippen molar-refractivity contribution in [1.82, 2.24) is 4.57 Å². The molecule has 35 heavy (non-hydrogen) atoms. The first-order valence-corrected chi connectivity index (χ1v) is 12.8. The summed E-state index contributed by atoms with van der Waals surface area (Å²) < 4.78 is 2.24. The molecule has 0 saturated carbocycles. The Labute approximate surface area is 229 Å². The van der Waals surface area contributed by atoms with E-state index in [2.05, 4.69) is 68.6 Å². The van der Waals surface area contributed by atoms with Gasteiger partial charge < -0.3 is 9.40 Å². The summed E-state index contributed by atoms with van der Waals surface area (Å²) in [5.41, 5.74) is 7.04. The Morgan fingerprint density at radius 1 is 0.886 bits per heavy atom. The molecular formula is C26H23Cl5N2O2. The number of aryl methyl sites for hydroxylation is 3. The average molecular weight is 573 g/mol. The van der Waals surface area contributed by atoms with E-state index < -0.39 is 5.97 Å². The van der Waals surface area contributed by atoms with Crippen LogP contribution in [0.3, 0.4) is 0 Å². The van der Waals surface area contributed by atoms with Crippen LogP contribution in [0.1, 0.15) is 58.7 Å². The summed E-state index contributed by atoms with van der Waals surface area (Å²) in [5, 5.41) is 3.78. The second-order valence-corrected chi connectivity index (χ2v) is 11.5. The Hall–Kier alpha value is -1.69. The summed E-state index contributed by atoms with van der Waals surface area (Å²) in [6.07, 6.45) is 1.46. The molecule has 1 aliphatic carbocycles. The molecule has 3 aromatic rings. The van der Waals surface area contributed by atoms with Crippen LogP contribution in [-0.4, -0.2) is 16.2 Å². The Morgan fingerprint density at radius 3 is 2.09 bits per heavy atom. The van der Waals surface area contributed by atoms with Crippen molar-refractivity contribution in [3.8, 4) is 5.69 Å². The fraction of sp³-hybridized carbons (Fsp3) is 0.308. The fourth-order valence-electron chi connectivity index (χ4n) is 4.41. The van der Waals surface area contributed by atoms with E-state index in [-0.39, 0.29) is 36.1 Å². The second-order valence-electron chi connectivity index (χ2n) is 9.63. The predicted octanol–water partition coefficient (Wildman–Crippen LogP) is 9.20. The minimum absolute atomic E-state index is 0.0342. The first kappa shape index (κ1) is 26.4. The highest BCUT2D eigenvalue weighted by Gasteiger charge is 2.34. The van der Waals surface area contributed by atoms with Crippen LogP contribution in [0.25, 0.3) is 5.69 Å². The van der Waals surface area contributed by atoms with Crippen molar-refractivity contribution in [1.29, 1.82) is 0 Å². The van der Waals surface area contributed by atoms with E-state index in [9.17, 15) is 4.79 Å². The molecule has 0 bridgehead atoms. The Balaban J connectivity index is 1.76. The summed E-state index contributed by atoms with van der Waals surface area (Å²) >= 11 is 30.7. The largest absolute Gasteiger partial charge is 0.368 e. The lowest BCUT2D eigenvalue weighted by molar-refractivity contribution is 0.0514. The van der Waals surface area contributed by atoms with E-state index in [1.807, 2.05) is 0 Å². The number of aromatic nitrogens is 1. The van der Waals surface area contributed by atoms with Crippen LogP contribution in [-0.2, 0) is 11.3 Å². The molecule has 0 atom stereocenters. The lowest BCUT2D eigenvalue weighted by Gasteiger charge is -2.31. The standard InChI is InChI=1S/C26H23Cl5N2O2/c1-12-6-7-15(8-13(12)2)33-14(3)9-16-17(10-26(4,5)11-18(16)33)32-35-25(34)19-20(27)22(29)24(31)23(30)21(19)28/h6-9H,10-11H2,1-5H3/b32-17+. The second kappa shape index (κ2) is 9.64. The highest BCUT2D eigenvalue weighted by atomic mass is 35.5. The van der Waals surface area contributed by atoms with Gasteiger partial charge >= 0.3 is 5.97 Å². The highest BCUT2D eigenvalue weighted by Crippen LogP contribution is 2.44. The van der Waals surface area contributed by atoms with Crippen molar-refractivity contribution in [2.45, 2.75) is 47.5 Å². The molecule has 1 aliphatic rings. The van der Waals surface area contributed by atoms with Crippen LogP contribution < -0.4 is 0 Å². The number of benzene rings is 2. The molecular weight excluding hydrogens is 550 g/mol. The number of fused-ring (bicyclic) bond motifs is 1. The van der Waals surface area contributed by atoms with Gasteiger partial charge in [-0.15, -0.1) is 0 Å². The summed E-state index contributed by atoms with van der Waals surface area (Å²) in [6.45, 7) is 10.6. The number of rotatable bonds is 3. The SMILES string of the molecule is Cc1ccc(-n2c(C)cc3c2CC(C)(C)C/C3=N\OC(=O)c2c(Cl)c(Cl)c(Cl)c(Cl)c2Cl)cc1C. The molecule has 0 N–H and O–H groups in total. The lowest BCUT2D eigenvalue weighted by Crippen LogP contribution is -2.28. The highest BCUT2D eigenvalue weighted by molar-refractivity contribution is 6.56. The fourth-order valence-corrected chi connectivity index (χ4v) is 5.70. The maximum absolute atomic E-state index is 12.9. The van der Waals surface area contributed by atoms with Gasteiger partial charge in [0.05, 0.1) is 30.8 Å². The molecule has 0 aliphatic heterocycles. The molecule has 1 aromatic heterocycles. The van der Waals surface area contributed by atoms with Gasteiger partial charge in [-0.1, -0.05) is 83.1 Å². The van der Waals surface area contributed by atoms with Gasteiger partial charge in [-0.2, -0.15) is 0 Å². The lowest BCUT2D eigenvalue weighted by atomic mass is 9.76. The van der Waals surface area contributed by atoms with Crippen LogP contribution in [0.2, 0.25) is 25.1 Å². The minimum atomic E-state index is -0.872. The number of carbonyl (C=O) groups is 1. The first-order valence-electron chi connectivity index (χ1n) is 10.9. The van der Waals surface area contributed by atoms with Crippen molar-refractivity contribution < 1.29 is 9.63 Å². The molecule has 0 saturated heterocycles. The van der Waals surface area contributed by atoms with Crippen LogP contribution in [0, 0.1) is 26.2 Å². The van der Waals surface area contributed by atoms with Crippen molar-refractivity contribution in [3.63, 3.8) is 0 Å². The zero-order valence-electron chi connectivity index (χ0n) is 19.8. The number of hydrogen-bond donors (Lipinski definition) is 0. The van der Waals surface area contributed by atoms with Crippen molar-refractivity contribution in [2.75, 3.05) is 0 Å². The van der Waals surface area contributed by atoms with Crippen LogP contribution in [0.15, 0.2) is 29.4 Å². The molecule has 4 rings (SSSR count). The summed E-state index contributed by atoms with van der Waals surface area (Å²) in [4.78, 5) is 18.2. The molecule has 0 amide bonds. The van der Waals surface area contributed by atoms with E-state index in [1.165, 1.54) is 11.1 Å². The quantitative estimate of drug-likeness (QED) is 0.136. The summed E-state index contributed by atoms with van der Waals surface area (Å²) in [5.74, 6) is -0.872. The predicted molar refractivity (Wildman–Crippen MR) is 146 cm³/mol. The van der Waals surface area contributed by atoms with Gasteiger partial charge in [0.2, 0.25) is 0 Å². The summed E-state index contributed by atoms with van der Waals surface area (Å²) in [7, 11) is 0. The van der Waals surface area contributed by atoms with Crippen molar-refractivity contribution >= 4 is 69.7 Å². The maximum atomic E-state index is 12.9. The van der Waals surface area contributed by atoms with Crippen molar-refractivity contribution in [2.24, 2.45) is 10.6 Å². The third kappa shape index (κ3) is 4.84. The first-order chi connectivity index (χ1) is 16.3. The molecule has 184 valence electrons.